The summed E-state index contributed by atoms with van der Waals surface area (Å²) in [7, 11) is -4.69. The molecule has 2 amide bonds. The molecule has 2 aromatic carbocycles. The fraction of sp³-hybridized carbons (Fsp3) is 0.423. The molecule has 0 radical (unpaired) electrons. The SMILES string of the molecule is O=C(C[C@@H]1CCc2cc(C(O)(C(F)(F)F)C(F)(F)F)ccc2N1S(=O)(=O)c1ccc(F)cc1)NCC(=O)N[C@@H]1COC(=O)C1. The highest BCUT2D eigenvalue weighted by Gasteiger charge is 2.71. The quantitative estimate of drug-likeness (QED) is 0.293. The van der Waals surface area contributed by atoms with E-state index in [1.54, 1.807) is 0 Å². The van der Waals surface area contributed by atoms with Gasteiger partial charge in [0.05, 0.1) is 35.6 Å². The third-order valence-corrected chi connectivity index (χ3v) is 8.98. The van der Waals surface area contributed by atoms with Crippen molar-refractivity contribution in [3.8, 4) is 0 Å². The summed E-state index contributed by atoms with van der Waals surface area (Å²) < 4.78 is 127. The van der Waals surface area contributed by atoms with Crippen LogP contribution in [0.2, 0.25) is 0 Å². The summed E-state index contributed by atoms with van der Waals surface area (Å²) in [5.74, 6) is -2.82. The minimum absolute atomic E-state index is 0.0543. The van der Waals surface area contributed by atoms with Gasteiger partial charge in [0.25, 0.3) is 15.6 Å². The smallest absolute Gasteiger partial charge is 0.430 e. The Morgan fingerprint density at radius 3 is 2.20 bits per heavy atom. The standard InChI is InChI=1S/C26H24F7N3O7S/c27-16-3-6-19(7-4-16)44(41,42)36-18(11-21(37)34-12-22(38)35-17-10-23(39)43-13-17)5-1-14-9-15(2-8-20(14)36)24(40,25(28,29)30)26(31,32)33/h2-4,6-9,17-18,40H,1,5,10-13H2,(H,34,37)(H,35,38)/t17-,18-/m0/s1. The number of alkyl halides is 6. The van der Waals surface area contributed by atoms with Crippen LogP contribution in [0.1, 0.15) is 30.4 Å². The molecule has 1 fully saturated rings. The summed E-state index contributed by atoms with van der Waals surface area (Å²) >= 11 is 0. The highest BCUT2D eigenvalue weighted by molar-refractivity contribution is 7.92. The zero-order chi connectivity index (χ0) is 32.7. The lowest BCUT2D eigenvalue weighted by atomic mass is 9.87. The Morgan fingerprint density at radius 2 is 1.64 bits per heavy atom. The van der Waals surface area contributed by atoms with E-state index >= 15 is 0 Å². The number of aliphatic hydroxyl groups is 1. The average Bonchev–Trinajstić information content (AvgIpc) is 3.34. The fourth-order valence-electron chi connectivity index (χ4n) is 4.93. The Labute approximate surface area is 245 Å². The number of carbonyl (C=O) groups is 3. The maximum absolute atomic E-state index is 13.7. The van der Waals surface area contributed by atoms with Crippen LogP contribution in [0.5, 0.6) is 0 Å². The van der Waals surface area contributed by atoms with E-state index in [9.17, 15) is 58.6 Å². The number of hydrogen-bond donors (Lipinski definition) is 3. The summed E-state index contributed by atoms with van der Waals surface area (Å²) in [6, 6.07) is 2.92. The first-order chi connectivity index (χ1) is 20.3. The molecule has 0 bridgehead atoms. The van der Waals surface area contributed by atoms with E-state index in [1.165, 1.54) is 0 Å². The van der Waals surface area contributed by atoms with Gasteiger partial charge in [-0.3, -0.25) is 18.7 Å². The molecule has 2 heterocycles. The molecule has 240 valence electrons. The van der Waals surface area contributed by atoms with Crippen molar-refractivity contribution >= 4 is 33.5 Å². The number of ether oxygens (including phenoxy) is 1. The second kappa shape index (κ2) is 11.9. The van der Waals surface area contributed by atoms with Crippen molar-refractivity contribution in [1.29, 1.82) is 0 Å². The van der Waals surface area contributed by atoms with Crippen LogP contribution in [0.3, 0.4) is 0 Å². The molecule has 1 saturated heterocycles. The highest BCUT2D eigenvalue weighted by atomic mass is 32.2. The first kappa shape index (κ1) is 33.0. The van der Waals surface area contributed by atoms with Gasteiger partial charge < -0.3 is 20.5 Å². The molecule has 18 heteroatoms. The van der Waals surface area contributed by atoms with Crippen molar-refractivity contribution in [3.05, 3.63) is 59.4 Å². The van der Waals surface area contributed by atoms with Gasteiger partial charge in [0.2, 0.25) is 11.8 Å². The number of halogens is 7. The van der Waals surface area contributed by atoms with E-state index in [-0.39, 0.29) is 43.2 Å². The molecular weight excluding hydrogens is 631 g/mol. The number of hydrogen-bond acceptors (Lipinski definition) is 7. The molecule has 2 aromatic rings. The third kappa shape index (κ3) is 6.45. The monoisotopic (exact) mass is 655 g/mol. The number of aryl methyl sites for hydroxylation is 1. The van der Waals surface area contributed by atoms with E-state index in [2.05, 4.69) is 10.6 Å². The van der Waals surface area contributed by atoms with Crippen LogP contribution in [0.4, 0.5) is 36.4 Å². The summed E-state index contributed by atoms with van der Waals surface area (Å²) in [5.41, 5.74) is -7.51. The number of benzene rings is 2. The van der Waals surface area contributed by atoms with Crippen molar-refractivity contribution in [2.75, 3.05) is 17.5 Å². The first-order valence-corrected chi connectivity index (χ1v) is 14.3. The molecule has 2 aliphatic heterocycles. The largest absolute Gasteiger partial charge is 0.463 e. The second-order valence-corrected chi connectivity index (χ2v) is 11.9. The van der Waals surface area contributed by atoms with Gasteiger partial charge in [0.1, 0.15) is 12.4 Å². The van der Waals surface area contributed by atoms with Crippen molar-refractivity contribution in [3.63, 3.8) is 0 Å². The minimum Gasteiger partial charge on any atom is -0.463 e. The number of nitrogens with zero attached hydrogens (tertiary/aromatic N) is 1. The van der Waals surface area contributed by atoms with Crippen LogP contribution in [0.15, 0.2) is 47.4 Å². The van der Waals surface area contributed by atoms with Gasteiger partial charge in [-0.05, 0) is 48.7 Å². The van der Waals surface area contributed by atoms with Gasteiger partial charge in [-0.15, -0.1) is 0 Å². The number of nitrogens with one attached hydrogen (secondary N) is 2. The van der Waals surface area contributed by atoms with E-state index in [0.29, 0.717) is 16.4 Å². The van der Waals surface area contributed by atoms with Gasteiger partial charge in [-0.25, -0.2) is 12.8 Å². The summed E-state index contributed by atoms with van der Waals surface area (Å²) in [6.07, 6.45) is -13.6. The van der Waals surface area contributed by atoms with Crippen LogP contribution in [0.25, 0.3) is 0 Å². The molecule has 0 saturated carbocycles. The Hall–Kier alpha value is -3.93. The number of carbonyl (C=O) groups excluding carboxylic acids is 3. The number of anilines is 1. The van der Waals surface area contributed by atoms with Gasteiger partial charge in [-0.2, -0.15) is 26.3 Å². The van der Waals surface area contributed by atoms with Gasteiger partial charge in [0.15, 0.2) is 0 Å². The molecule has 2 atom stereocenters. The second-order valence-electron chi connectivity index (χ2n) is 10.1. The maximum Gasteiger partial charge on any atom is 0.430 e. The van der Waals surface area contributed by atoms with E-state index < -0.39 is 87.1 Å². The van der Waals surface area contributed by atoms with Crippen molar-refractivity contribution in [2.24, 2.45) is 0 Å². The van der Waals surface area contributed by atoms with Crippen LogP contribution in [-0.4, -0.2) is 68.9 Å². The Kier molecular flexibility index (Phi) is 8.89. The molecule has 0 unspecified atom stereocenters. The van der Waals surface area contributed by atoms with Crippen molar-refractivity contribution in [1.82, 2.24) is 10.6 Å². The van der Waals surface area contributed by atoms with Crippen LogP contribution in [0, 0.1) is 5.82 Å². The Balaban J connectivity index is 1.64. The summed E-state index contributed by atoms with van der Waals surface area (Å²) in [6.45, 7) is -0.615. The molecular formula is C26H24F7N3O7S. The summed E-state index contributed by atoms with van der Waals surface area (Å²) in [5, 5.41) is 14.6. The molecule has 2 aliphatic rings. The van der Waals surface area contributed by atoms with Crippen LogP contribution in [-0.2, 0) is 41.2 Å². The number of esters is 1. The maximum atomic E-state index is 13.7. The van der Waals surface area contributed by atoms with Gasteiger partial charge in [0, 0.05) is 12.0 Å². The number of fused-ring (bicyclic) bond motifs is 1. The number of rotatable bonds is 8. The number of sulfonamides is 1. The number of cyclic esters (lactones) is 1. The molecule has 3 N–H and O–H groups in total. The number of amides is 2. The normalized spacial score (nSPS) is 19.3. The molecule has 0 aromatic heterocycles. The van der Waals surface area contributed by atoms with Gasteiger partial charge >= 0.3 is 18.3 Å². The topological polar surface area (TPSA) is 142 Å². The first-order valence-electron chi connectivity index (χ1n) is 12.9. The Morgan fingerprint density at radius 1 is 1.00 bits per heavy atom. The summed E-state index contributed by atoms with van der Waals surface area (Å²) in [4.78, 5) is 35.6. The lowest BCUT2D eigenvalue weighted by Gasteiger charge is -2.39. The van der Waals surface area contributed by atoms with Crippen molar-refractivity contribution in [2.45, 2.75) is 60.6 Å². The zero-order valence-electron chi connectivity index (χ0n) is 22.3. The lowest BCUT2D eigenvalue weighted by Crippen LogP contribution is -2.54. The van der Waals surface area contributed by atoms with Crippen LogP contribution >= 0.6 is 0 Å². The molecule has 0 aliphatic carbocycles. The molecule has 0 spiro atoms. The Bertz CT molecular complexity index is 1530. The fourth-order valence-corrected chi connectivity index (χ4v) is 6.65. The van der Waals surface area contributed by atoms with Gasteiger partial charge in [-0.1, -0.05) is 12.1 Å². The average molecular weight is 656 g/mol. The third-order valence-electron chi connectivity index (χ3n) is 7.10. The molecule has 44 heavy (non-hydrogen) atoms. The van der Waals surface area contributed by atoms with Crippen LogP contribution < -0.4 is 14.9 Å². The lowest BCUT2D eigenvalue weighted by molar-refractivity contribution is -0.376. The van der Waals surface area contributed by atoms with E-state index in [0.717, 1.165) is 24.3 Å². The van der Waals surface area contributed by atoms with E-state index in [4.69, 9.17) is 4.74 Å². The zero-order valence-corrected chi connectivity index (χ0v) is 23.2. The molecule has 4 rings (SSSR count). The predicted molar refractivity (Wildman–Crippen MR) is 136 cm³/mol. The highest BCUT2D eigenvalue weighted by Crippen LogP contribution is 2.51. The van der Waals surface area contributed by atoms with E-state index in [1.807, 2.05) is 0 Å². The minimum atomic E-state index is -6.18. The van der Waals surface area contributed by atoms with Crippen molar-refractivity contribution < 1.29 is 63.4 Å². The predicted octanol–water partition coefficient (Wildman–Crippen LogP) is 2.59. The molecule has 10 nitrogen and oxygen atoms in total.